The van der Waals surface area contributed by atoms with E-state index in [2.05, 4.69) is 12.2 Å². The van der Waals surface area contributed by atoms with E-state index >= 15 is 0 Å². The zero-order valence-corrected chi connectivity index (χ0v) is 7.58. The molecule has 0 aromatic carbocycles. The molecule has 0 atom stereocenters. The van der Waals surface area contributed by atoms with Gasteiger partial charge in [0.15, 0.2) is 0 Å². The minimum atomic E-state index is 0.522. The summed E-state index contributed by atoms with van der Waals surface area (Å²) >= 11 is 0. The van der Waals surface area contributed by atoms with Gasteiger partial charge in [-0.15, -0.1) is 0 Å². The molecular formula is C9H17NO2. The molecule has 1 aliphatic carbocycles. The third-order valence-electron chi connectivity index (χ3n) is 2.61. The van der Waals surface area contributed by atoms with Crippen LogP contribution < -0.4 is 5.32 Å². The number of nitrogens with one attached hydrogen (secondary N) is 1. The average molecular weight is 171 g/mol. The molecule has 0 bridgehead atoms. The van der Waals surface area contributed by atoms with Gasteiger partial charge in [0.2, 0.25) is 0 Å². The van der Waals surface area contributed by atoms with Crippen molar-refractivity contribution in [3.8, 4) is 0 Å². The van der Waals surface area contributed by atoms with Gasteiger partial charge in [0, 0.05) is 12.6 Å². The summed E-state index contributed by atoms with van der Waals surface area (Å²) < 4.78 is 10.6. The lowest BCUT2D eigenvalue weighted by atomic mass is 9.88. The molecule has 0 unspecified atom stereocenters. The molecule has 0 aromatic rings. The van der Waals surface area contributed by atoms with Gasteiger partial charge in [-0.3, -0.25) is 0 Å². The Bertz CT molecular complexity index is 141. The highest BCUT2D eigenvalue weighted by Gasteiger charge is 2.32. The van der Waals surface area contributed by atoms with Crippen LogP contribution in [0, 0.1) is 0 Å². The standard InChI is InChI=1S/C9H17NO2/c1-2-12-9-3-7(4-9)10-8-5-11-6-8/h7-10H,2-6H2,1H3. The molecule has 0 amide bonds. The predicted octanol–water partition coefficient (Wildman–Crippen LogP) is 0.542. The van der Waals surface area contributed by atoms with E-state index in [1.165, 1.54) is 12.8 Å². The summed E-state index contributed by atoms with van der Waals surface area (Å²) in [4.78, 5) is 0. The van der Waals surface area contributed by atoms with E-state index in [1.807, 2.05) is 0 Å². The van der Waals surface area contributed by atoms with Gasteiger partial charge >= 0.3 is 0 Å². The highest BCUT2D eigenvalue weighted by atomic mass is 16.5. The van der Waals surface area contributed by atoms with Crippen molar-refractivity contribution in [3.05, 3.63) is 0 Å². The maximum atomic E-state index is 5.47. The first-order chi connectivity index (χ1) is 5.88. The van der Waals surface area contributed by atoms with Crippen LogP contribution in [0.2, 0.25) is 0 Å². The van der Waals surface area contributed by atoms with Crippen molar-refractivity contribution in [2.45, 2.75) is 38.0 Å². The second-order valence-electron chi connectivity index (χ2n) is 3.65. The molecule has 0 radical (unpaired) electrons. The van der Waals surface area contributed by atoms with Crippen molar-refractivity contribution in [2.24, 2.45) is 0 Å². The lowest BCUT2D eigenvalue weighted by molar-refractivity contribution is -0.0461. The Kier molecular flexibility index (Phi) is 2.63. The fourth-order valence-corrected chi connectivity index (χ4v) is 1.74. The second-order valence-corrected chi connectivity index (χ2v) is 3.65. The van der Waals surface area contributed by atoms with Crippen LogP contribution in [0.3, 0.4) is 0 Å². The molecule has 1 saturated carbocycles. The highest BCUT2D eigenvalue weighted by molar-refractivity contribution is 4.89. The molecular weight excluding hydrogens is 154 g/mol. The summed E-state index contributed by atoms with van der Waals surface area (Å²) in [6.45, 7) is 4.70. The molecule has 12 heavy (non-hydrogen) atoms. The van der Waals surface area contributed by atoms with Crippen LogP contribution in [0.5, 0.6) is 0 Å². The second kappa shape index (κ2) is 3.73. The van der Waals surface area contributed by atoms with Gasteiger partial charge in [-0.25, -0.2) is 0 Å². The van der Waals surface area contributed by atoms with Crippen LogP contribution >= 0.6 is 0 Å². The summed E-state index contributed by atoms with van der Waals surface area (Å²) in [5.74, 6) is 0. The van der Waals surface area contributed by atoms with Crippen molar-refractivity contribution in [1.82, 2.24) is 5.32 Å². The number of ether oxygens (including phenoxy) is 2. The van der Waals surface area contributed by atoms with E-state index in [9.17, 15) is 0 Å². The molecule has 3 heteroatoms. The average Bonchev–Trinajstić information content (AvgIpc) is 1.89. The van der Waals surface area contributed by atoms with Crippen LogP contribution in [-0.2, 0) is 9.47 Å². The third-order valence-corrected chi connectivity index (χ3v) is 2.61. The summed E-state index contributed by atoms with van der Waals surface area (Å²) in [5.41, 5.74) is 0. The highest BCUT2D eigenvalue weighted by Crippen LogP contribution is 2.24. The van der Waals surface area contributed by atoms with Gasteiger partial charge in [-0.05, 0) is 19.8 Å². The lowest BCUT2D eigenvalue weighted by Crippen LogP contribution is -2.55. The predicted molar refractivity (Wildman–Crippen MR) is 46.2 cm³/mol. The molecule has 1 N–H and O–H groups in total. The maximum absolute atomic E-state index is 5.47. The molecule has 2 fully saturated rings. The molecule has 3 nitrogen and oxygen atoms in total. The molecule has 2 aliphatic rings. The molecule has 1 heterocycles. The van der Waals surface area contributed by atoms with E-state index in [0.717, 1.165) is 19.8 Å². The number of rotatable bonds is 4. The first-order valence-electron chi connectivity index (χ1n) is 4.84. The van der Waals surface area contributed by atoms with Gasteiger partial charge in [0.25, 0.3) is 0 Å². The largest absolute Gasteiger partial charge is 0.378 e. The fraction of sp³-hybridized carbons (Fsp3) is 1.00. The number of hydrogen-bond donors (Lipinski definition) is 1. The Hall–Kier alpha value is -0.120. The summed E-state index contributed by atoms with van der Waals surface area (Å²) in [6.07, 6.45) is 2.89. The Morgan fingerprint density at radius 1 is 1.33 bits per heavy atom. The fourth-order valence-electron chi connectivity index (χ4n) is 1.74. The minimum absolute atomic E-state index is 0.522. The first-order valence-corrected chi connectivity index (χ1v) is 4.84. The zero-order chi connectivity index (χ0) is 8.39. The van der Waals surface area contributed by atoms with Crippen molar-refractivity contribution in [1.29, 1.82) is 0 Å². The Morgan fingerprint density at radius 2 is 2.08 bits per heavy atom. The molecule has 2 rings (SSSR count). The van der Waals surface area contributed by atoms with Gasteiger partial charge in [-0.2, -0.15) is 0 Å². The maximum Gasteiger partial charge on any atom is 0.0643 e. The van der Waals surface area contributed by atoms with E-state index < -0.39 is 0 Å². The minimum Gasteiger partial charge on any atom is -0.378 e. The zero-order valence-electron chi connectivity index (χ0n) is 7.58. The summed E-state index contributed by atoms with van der Waals surface area (Å²) in [7, 11) is 0. The topological polar surface area (TPSA) is 30.5 Å². The lowest BCUT2D eigenvalue weighted by Gasteiger charge is -2.40. The Balaban J connectivity index is 1.55. The monoisotopic (exact) mass is 171 g/mol. The molecule has 0 aromatic heterocycles. The quantitative estimate of drug-likeness (QED) is 0.669. The molecule has 1 aliphatic heterocycles. The van der Waals surface area contributed by atoms with Gasteiger partial charge < -0.3 is 14.8 Å². The normalized spacial score (nSPS) is 35.8. The van der Waals surface area contributed by atoms with Gasteiger partial charge in [-0.1, -0.05) is 0 Å². The Morgan fingerprint density at radius 3 is 2.58 bits per heavy atom. The molecule has 0 spiro atoms. The summed E-state index contributed by atoms with van der Waals surface area (Å²) in [5, 5.41) is 3.54. The van der Waals surface area contributed by atoms with Crippen LogP contribution in [0.25, 0.3) is 0 Å². The van der Waals surface area contributed by atoms with Crippen LogP contribution in [0.15, 0.2) is 0 Å². The first kappa shape index (κ1) is 8.48. The van der Waals surface area contributed by atoms with Crippen LogP contribution in [0.4, 0.5) is 0 Å². The van der Waals surface area contributed by atoms with Crippen molar-refractivity contribution < 1.29 is 9.47 Å². The molecule has 1 saturated heterocycles. The van der Waals surface area contributed by atoms with E-state index in [4.69, 9.17) is 9.47 Å². The van der Waals surface area contributed by atoms with E-state index in [1.54, 1.807) is 0 Å². The van der Waals surface area contributed by atoms with Crippen molar-refractivity contribution in [2.75, 3.05) is 19.8 Å². The smallest absolute Gasteiger partial charge is 0.0643 e. The van der Waals surface area contributed by atoms with Gasteiger partial charge in [0.05, 0.1) is 25.4 Å². The van der Waals surface area contributed by atoms with E-state index in [0.29, 0.717) is 18.2 Å². The van der Waals surface area contributed by atoms with Gasteiger partial charge in [0.1, 0.15) is 0 Å². The van der Waals surface area contributed by atoms with E-state index in [-0.39, 0.29) is 0 Å². The Labute approximate surface area is 73.4 Å². The van der Waals surface area contributed by atoms with Crippen LogP contribution in [0.1, 0.15) is 19.8 Å². The number of hydrogen-bond acceptors (Lipinski definition) is 3. The van der Waals surface area contributed by atoms with Crippen molar-refractivity contribution >= 4 is 0 Å². The van der Waals surface area contributed by atoms with Crippen molar-refractivity contribution in [3.63, 3.8) is 0 Å². The third kappa shape index (κ3) is 1.79. The SMILES string of the molecule is CCOC1CC(NC2COC2)C1. The molecule has 70 valence electrons. The summed E-state index contributed by atoms with van der Waals surface area (Å²) in [6, 6.07) is 1.31. The van der Waals surface area contributed by atoms with Crippen LogP contribution in [-0.4, -0.2) is 38.0 Å².